The standard InChI is InChI=1S/C15H21N3/c1-12-10-13(18-8-6-17-7-9-18)4-5-14(12)15(2,3)11-16/h4-5,10,17H,6-9H2,1-3H3. The predicted molar refractivity (Wildman–Crippen MR) is 74.9 cm³/mol. The number of aryl methyl sites for hydroxylation is 1. The van der Waals surface area contributed by atoms with E-state index < -0.39 is 5.41 Å². The van der Waals surface area contributed by atoms with Gasteiger partial charge in [-0.15, -0.1) is 0 Å². The second-order valence-electron chi connectivity index (χ2n) is 5.47. The van der Waals surface area contributed by atoms with Crippen LogP contribution in [0.25, 0.3) is 0 Å². The van der Waals surface area contributed by atoms with E-state index in [4.69, 9.17) is 0 Å². The first-order chi connectivity index (χ1) is 8.54. The topological polar surface area (TPSA) is 39.1 Å². The zero-order valence-electron chi connectivity index (χ0n) is 11.5. The van der Waals surface area contributed by atoms with Crippen LogP contribution in [-0.4, -0.2) is 26.2 Å². The van der Waals surface area contributed by atoms with E-state index in [1.54, 1.807) is 0 Å². The van der Waals surface area contributed by atoms with Gasteiger partial charge < -0.3 is 10.2 Å². The molecule has 1 fully saturated rings. The third kappa shape index (κ3) is 2.49. The molecule has 2 rings (SSSR count). The molecule has 0 aliphatic carbocycles. The molecular weight excluding hydrogens is 222 g/mol. The Morgan fingerprint density at radius 1 is 1.28 bits per heavy atom. The maximum atomic E-state index is 9.22. The minimum Gasteiger partial charge on any atom is -0.369 e. The molecule has 1 aromatic rings. The quantitative estimate of drug-likeness (QED) is 0.865. The average molecular weight is 243 g/mol. The molecule has 96 valence electrons. The molecule has 0 unspecified atom stereocenters. The number of nitrogens with zero attached hydrogens (tertiary/aromatic N) is 2. The summed E-state index contributed by atoms with van der Waals surface area (Å²) in [4.78, 5) is 2.40. The lowest BCUT2D eigenvalue weighted by Crippen LogP contribution is -2.43. The molecule has 0 aromatic heterocycles. The molecule has 3 nitrogen and oxygen atoms in total. The molecule has 1 aliphatic rings. The van der Waals surface area contributed by atoms with Gasteiger partial charge in [-0.2, -0.15) is 5.26 Å². The number of nitrogens with one attached hydrogen (secondary N) is 1. The Bertz CT molecular complexity index is 465. The summed E-state index contributed by atoms with van der Waals surface area (Å²) < 4.78 is 0. The van der Waals surface area contributed by atoms with E-state index in [2.05, 4.69) is 41.4 Å². The van der Waals surface area contributed by atoms with Crippen LogP contribution in [0.5, 0.6) is 0 Å². The fourth-order valence-electron chi connectivity index (χ4n) is 2.53. The molecule has 0 bridgehead atoms. The van der Waals surface area contributed by atoms with Crippen molar-refractivity contribution in [3.8, 4) is 6.07 Å². The fraction of sp³-hybridized carbons (Fsp3) is 0.533. The molecule has 0 radical (unpaired) electrons. The molecule has 1 aliphatic heterocycles. The van der Waals surface area contributed by atoms with Crippen LogP contribution in [0, 0.1) is 18.3 Å². The molecule has 0 spiro atoms. The van der Waals surface area contributed by atoms with Crippen LogP contribution in [0.4, 0.5) is 5.69 Å². The van der Waals surface area contributed by atoms with E-state index in [1.807, 2.05) is 13.8 Å². The van der Waals surface area contributed by atoms with Gasteiger partial charge in [0, 0.05) is 31.9 Å². The van der Waals surface area contributed by atoms with Crippen LogP contribution in [0.2, 0.25) is 0 Å². The minimum absolute atomic E-state index is 0.411. The van der Waals surface area contributed by atoms with Crippen LogP contribution in [-0.2, 0) is 5.41 Å². The Morgan fingerprint density at radius 3 is 2.50 bits per heavy atom. The molecule has 0 amide bonds. The lowest BCUT2D eigenvalue weighted by Gasteiger charge is -2.30. The fourth-order valence-corrected chi connectivity index (χ4v) is 2.53. The first-order valence-electron chi connectivity index (χ1n) is 6.52. The summed E-state index contributed by atoms with van der Waals surface area (Å²) in [7, 11) is 0. The summed E-state index contributed by atoms with van der Waals surface area (Å²) in [5, 5.41) is 12.6. The Labute approximate surface area is 109 Å². The molecular formula is C15H21N3. The van der Waals surface area contributed by atoms with Crippen molar-refractivity contribution in [2.45, 2.75) is 26.2 Å². The Kier molecular flexibility index (Phi) is 3.58. The Hall–Kier alpha value is -1.53. The maximum absolute atomic E-state index is 9.22. The number of piperazine rings is 1. The van der Waals surface area contributed by atoms with Gasteiger partial charge in [0.2, 0.25) is 0 Å². The highest BCUT2D eigenvalue weighted by atomic mass is 15.2. The van der Waals surface area contributed by atoms with Gasteiger partial charge in [0.1, 0.15) is 0 Å². The summed E-state index contributed by atoms with van der Waals surface area (Å²) in [6, 6.07) is 8.83. The zero-order valence-corrected chi connectivity index (χ0v) is 11.5. The lowest BCUT2D eigenvalue weighted by molar-refractivity contribution is 0.588. The van der Waals surface area contributed by atoms with E-state index in [9.17, 15) is 5.26 Å². The van der Waals surface area contributed by atoms with E-state index in [1.165, 1.54) is 11.3 Å². The summed E-state index contributed by atoms with van der Waals surface area (Å²) in [6.45, 7) is 10.2. The predicted octanol–water partition coefficient (Wildman–Crippen LogP) is 2.21. The first-order valence-corrected chi connectivity index (χ1v) is 6.52. The van der Waals surface area contributed by atoms with Crippen LogP contribution in [0.1, 0.15) is 25.0 Å². The number of anilines is 1. The molecule has 0 saturated carbocycles. The number of rotatable bonds is 2. The van der Waals surface area contributed by atoms with Gasteiger partial charge in [-0.3, -0.25) is 0 Å². The summed E-state index contributed by atoms with van der Waals surface area (Å²) in [5.41, 5.74) is 3.19. The smallest absolute Gasteiger partial charge is 0.0768 e. The summed E-state index contributed by atoms with van der Waals surface area (Å²) in [6.07, 6.45) is 0. The third-order valence-corrected chi connectivity index (χ3v) is 3.64. The summed E-state index contributed by atoms with van der Waals surface area (Å²) >= 11 is 0. The molecule has 1 heterocycles. The highest BCUT2D eigenvalue weighted by molar-refractivity contribution is 5.53. The monoisotopic (exact) mass is 243 g/mol. The first kappa shape index (κ1) is 12.9. The normalized spacial score (nSPS) is 16.4. The molecule has 1 saturated heterocycles. The van der Waals surface area contributed by atoms with Crippen LogP contribution >= 0.6 is 0 Å². The van der Waals surface area contributed by atoms with Crippen molar-refractivity contribution in [3.63, 3.8) is 0 Å². The van der Waals surface area contributed by atoms with E-state index in [-0.39, 0.29) is 0 Å². The lowest BCUT2D eigenvalue weighted by atomic mass is 9.83. The van der Waals surface area contributed by atoms with Gasteiger partial charge in [0.05, 0.1) is 11.5 Å². The second-order valence-corrected chi connectivity index (χ2v) is 5.47. The van der Waals surface area contributed by atoms with Gasteiger partial charge in [-0.1, -0.05) is 6.07 Å². The number of hydrogen-bond donors (Lipinski definition) is 1. The van der Waals surface area contributed by atoms with Crippen molar-refractivity contribution in [2.75, 3.05) is 31.1 Å². The minimum atomic E-state index is -0.411. The van der Waals surface area contributed by atoms with Crippen molar-refractivity contribution >= 4 is 5.69 Å². The molecule has 3 heteroatoms. The van der Waals surface area contributed by atoms with E-state index in [0.29, 0.717) is 0 Å². The third-order valence-electron chi connectivity index (χ3n) is 3.64. The SMILES string of the molecule is Cc1cc(N2CCNCC2)ccc1C(C)(C)C#N. The number of nitriles is 1. The van der Waals surface area contributed by atoms with Crippen molar-refractivity contribution in [1.29, 1.82) is 5.26 Å². The molecule has 1 N–H and O–H groups in total. The average Bonchev–Trinajstić information content (AvgIpc) is 2.39. The van der Waals surface area contributed by atoms with Crippen molar-refractivity contribution in [1.82, 2.24) is 5.32 Å². The van der Waals surface area contributed by atoms with Crippen molar-refractivity contribution < 1.29 is 0 Å². The van der Waals surface area contributed by atoms with E-state index in [0.717, 1.165) is 31.7 Å². The zero-order chi connectivity index (χ0) is 13.2. The van der Waals surface area contributed by atoms with Gasteiger partial charge in [-0.05, 0) is 44.0 Å². The van der Waals surface area contributed by atoms with Crippen LogP contribution in [0.15, 0.2) is 18.2 Å². The highest BCUT2D eigenvalue weighted by Gasteiger charge is 2.22. The summed E-state index contributed by atoms with van der Waals surface area (Å²) in [5.74, 6) is 0. The van der Waals surface area contributed by atoms with Gasteiger partial charge in [-0.25, -0.2) is 0 Å². The Balaban J connectivity index is 2.27. The molecule has 18 heavy (non-hydrogen) atoms. The molecule has 0 atom stereocenters. The maximum Gasteiger partial charge on any atom is 0.0768 e. The largest absolute Gasteiger partial charge is 0.369 e. The van der Waals surface area contributed by atoms with Gasteiger partial charge in [0.25, 0.3) is 0 Å². The van der Waals surface area contributed by atoms with Crippen molar-refractivity contribution in [2.24, 2.45) is 0 Å². The van der Waals surface area contributed by atoms with Gasteiger partial charge >= 0.3 is 0 Å². The van der Waals surface area contributed by atoms with Crippen LogP contribution in [0.3, 0.4) is 0 Å². The number of benzene rings is 1. The van der Waals surface area contributed by atoms with Crippen molar-refractivity contribution in [3.05, 3.63) is 29.3 Å². The molecule has 1 aromatic carbocycles. The number of hydrogen-bond acceptors (Lipinski definition) is 3. The van der Waals surface area contributed by atoms with Crippen LogP contribution < -0.4 is 10.2 Å². The van der Waals surface area contributed by atoms with E-state index >= 15 is 0 Å². The van der Waals surface area contributed by atoms with Gasteiger partial charge in [0.15, 0.2) is 0 Å². The highest BCUT2D eigenvalue weighted by Crippen LogP contribution is 2.28. The Morgan fingerprint density at radius 2 is 1.94 bits per heavy atom. The second kappa shape index (κ2) is 4.99.